The van der Waals surface area contributed by atoms with Crippen molar-refractivity contribution in [1.29, 1.82) is 0 Å². The van der Waals surface area contributed by atoms with E-state index in [1.807, 2.05) is 12.3 Å². The predicted molar refractivity (Wildman–Crippen MR) is 106 cm³/mol. The fourth-order valence-electron chi connectivity index (χ4n) is 3.72. The first-order valence-electron chi connectivity index (χ1n) is 9.26. The minimum absolute atomic E-state index is 0.691. The van der Waals surface area contributed by atoms with Gasteiger partial charge in [0.25, 0.3) is 0 Å². The molecule has 5 rings (SSSR count). The van der Waals surface area contributed by atoms with Crippen molar-refractivity contribution >= 4 is 10.9 Å². The second-order valence-electron chi connectivity index (χ2n) is 6.98. The molecule has 1 aliphatic heterocycles. The number of rotatable bonds is 4. The third-order valence-corrected chi connectivity index (χ3v) is 5.20. The first-order chi connectivity index (χ1) is 13.8. The molecule has 7 heteroatoms. The van der Waals surface area contributed by atoms with Crippen LogP contribution in [0.2, 0.25) is 0 Å². The summed E-state index contributed by atoms with van der Waals surface area (Å²) < 4.78 is 5.38. The predicted octanol–water partition coefficient (Wildman–Crippen LogP) is 2.98. The Morgan fingerprint density at radius 1 is 1.18 bits per heavy atom. The van der Waals surface area contributed by atoms with E-state index in [9.17, 15) is 0 Å². The third-order valence-electron chi connectivity index (χ3n) is 5.20. The van der Waals surface area contributed by atoms with Crippen LogP contribution in [0.4, 0.5) is 0 Å². The molecule has 4 heterocycles. The molecule has 0 saturated heterocycles. The van der Waals surface area contributed by atoms with Gasteiger partial charge in [0.05, 0.1) is 18.4 Å². The number of benzene rings is 1. The maximum absolute atomic E-state index is 5.38. The topological polar surface area (TPSA) is 79.8 Å². The summed E-state index contributed by atoms with van der Waals surface area (Å²) in [5, 5.41) is 1.21. The minimum atomic E-state index is 0.691. The Labute approximate surface area is 162 Å². The number of nitrogens with zero attached hydrogens (tertiary/aromatic N) is 5. The van der Waals surface area contributed by atoms with Gasteiger partial charge in [-0.15, -0.1) is 0 Å². The Balaban J connectivity index is 1.36. The molecule has 0 bridgehead atoms. The Kier molecular flexibility index (Phi) is 4.21. The highest BCUT2D eigenvalue weighted by molar-refractivity contribution is 5.84. The summed E-state index contributed by atoms with van der Waals surface area (Å²) in [5.41, 5.74) is 5.55. The summed E-state index contributed by atoms with van der Waals surface area (Å²) in [6, 6.07) is 6.13. The van der Waals surface area contributed by atoms with Gasteiger partial charge in [-0.25, -0.2) is 19.9 Å². The zero-order chi connectivity index (χ0) is 18.9. The van der Waals surface area contributed by atoms with E-state index in [2.05, 4.69) is 43.2 Å². The summed E-state index contributed by atoms with van der Waals surface area (Å²) in [7, 11) is 1.70. The lowest BCUT2D eigenvalue weighted by Gasteiger charge is -2.27. The van der Waals surface area contributed by atoms with Gasteiger partial charge in [0.15, 0.2) is 5.82 Å². The monoisotopic (exact) mass is 372 g/mol. The molecule has 28 heavy (non-hydrogen) atoms. The third kappa shape index (κ3) is 3.10. The summed E-state index contributed by atoms with van der Waals surface area (Å²) in [5.74, 6) is 1.57. The van der Waals surface area contributed by atoms with Crippen LogP contribution >= 0.6 is 0 Å². The number of nitrogens with one attached hydrogen (secondary N) is 1. The van der Waals surface area contributed by atoms with Gasteiger partial charge in [-0.05, 0) is 23.8 Å². The quantitative estimate of drug-likeness (QED) is 0.593. The highest BCUT2D eigenvalue weighted by Crippen LogP contribution is 2.27. The summed E-state index contributed by atoms with van der Waals surface area (Å²) in [4.78, 5) is 23.2. The van der Waals surface area contributed by atoms with Crippen LogP contribution in [0.3, 0.4) is 0 Å². The Morgan fingerprint density at radius 2 is 2.07 bits per heavy atom. The second-order valence-corrected chi connectivity index (χ2v) is 6.98. The summed E-state index contributed by atoms with van der Waals surface area (Å²) in [6.45, 7) is 2.68. The molecule has 0 unspecified atom stereocenters. The van der Waals surface area contributed by atoms with E-state index >= 15 is 0 Å². The molecule has 1 aliphatic rings. The SMILES string of the molecule is COc1ccc2[nH]cc(CN3CCc4nc(-c5cncnc5)ncc4C3)c2c1. The smallest absolute Gasteiger partial charge is 0.162 e. The molecule has 1 N–H and O–H groups in total. The van der Waals surface area contributed by atoms with E-state index in [0.717, 1.165) is 48.6 Å². The lowest BCUT2D eigenvalue weighted by atomic mass is 10.1. The average Bonchev–Trinajstić information content (AvgIpc) is 3.16. The van der Waals surface area contributed by atoms with Gasteiger partial charge < -0.3 is 9.72 Å². The van der Waals surface area contributed by atoms with Gasteiger partial charge in [-0.2, -0.15) is 0 Å². The molecule has 1 aromatic carbocycles. The van der Waals surface area contributed by atoms with Gasteiger partial charge in [-0.1, -0.05) is 0 Å². The van der Waals surface area contributed by atoms with E-state index in [1.165, 1.54) is 22.8 Å². The molecular formula is C21H20N6O. The molecule has 0 radical (unpaired) electrons. The molecular weight excluding hydrogens is 352 g/mol. The number of hydrogen-bond acceptors (Lipinski definition) is 6. The highest BCUT2D eigenvalue weighted by Gasteiger charge is 2.20. The van der Waals surface area contributed by atoms with Crippen LogP contribution in [0.25, 0.3) is 22.3 Å². The first-order valence-corrected chi connectivity index (χ1v) is 9.26. The van der Waals surface area contributed by atoms with Crippen LogP contribution in [0.1, 0.15) is 16.8 Å². The van der Waals surface area contributed by atoms with Crippen molar-refractivity contribution in [2.45, 2.75) is 19.5 Å². The van der Waals surface area contributed by atoms with Crippen molar-refractivity contribution in [2.24, 2.45) is 0 Å². The van der Waals surface area contributed by atoms with Crippen molar-refractivity contribution in [1.82, 2.24) is 29.8 Å². The molecule has 7 nitrogen and oxygen atoms in total. The zero-order valence-electron chi connectivity index (χ0n) is 15.6. The van der Waals surface area contributed by atoms with Crippen LogP contribution < -0.4 is 4.74 Å². The molecule has 0 atom stereocenters. The molecule has 0 saturated carbocycles. The number of ether oxygens (including phenoxy) is 1. The Morgan fingerprint density at radius 3 is 2.93 bits per heavy atom. The highest BCUT2D eigenvalue weighted by atomic mass is 16.5. The molecule has 0 spiro atoms. The molecule has 3 aromatic heterocycles. The first kappa shape index (κ1) is 16.8. The normalized spacial score (nSPS) is 14.2. The van der Waals surface area contributed by atoms with E-state index in [-0.39, 0.29) is 0 Å². The standard InChI is InChI=1S/C21H20N6O/c1-28-17-2-3-20-18(6-17)15(9-24-20)11-27-5-4-19-16(12-27)10-25-21(26-19)14-7-22-13-23-8-14/h2-3,6-10,13,24H,4-5,11-12H2,1H3. The Bertz CT molecular complexity index is 1120. The lowest BCUT2D eigenvalue weighted by Crippen LogP contribution is -2.30. The van der Waals surface area contributed by atoms with Crippen LogP contribution in [0, 0.1) is 0 Å². The van der Waals surface area contributed by atoms with Gasteiger partial charge in [0.1, 0.15) is 12.1 Å². The van der Waals surface area contributed by atoms with E-state index in [1.54, 1.807) is 19.5 Å². The van der Waals surface area contributed by atoms with Crippen LogP contribution in [-0.4, -0.2) is 43.5 Å². The summed E-state index contributed by atoms with van der Waals surface area (Å²) >= 11 is 0. The number of fused-ring (bicyclic) bond motifs is 2. The van der Waals surface area contributed by atoms with Crippen LogP contribution in [0.5, 0.6) is 5.75 Å². The molecule has 0 fully saturated rings. The van der Waals surface area contributed by atoms with Gasteiger partial charge >= 0.3 is 0 Å². The van der Waals surface area contributed by atoms with Crippen molar-refractivity contribution < 1.29 is 4.74 Å². The van der Waals surface area contributed by atoms with Crippen LogP contribution in [-0.2, 0) is 19.5 Å². The van der Waals surface area contributed by atoms with Crippen molar-refractivity contribution in [3.63, 3.8) is 0 Å². The molecule has 0 amide bonds. The number of aromatic amines is 1. The van der Waals surface area contributed by atoms with E-state index in [0.29, 0.717) is 5.82 Å². The van der Waals surface area contributed by atoms with Gasteiger partial charge in [-0.3, -0.25) is 4.90 Å². The average molecular weight is 372 g/mol. The van der Waals surface area contributed by atoms with Crippen molar-refractivity contribution in [2.75, 3.05) is 13.7 Å². The number of aromatic nitrogens is 5. The largest absolute Gasteiger partial charge is 0.497 e. The number of hydrogen-bond donors (Lipinski definition) is 1. The van der Waals surface area contributed by atoms with E-state index in [4.69, 9.17) is 9.72 Å². The second kappa shape index (κ2) is 7.01. The Hall–Kier alpha value is -3.32. The number of H-pyrrole nitrogens is 1. The molecule has 140 valence electrons. The van der Waals surface area contributed by atoms with Crippen LogP contribution in [0.15, 0.2) is 49.3 Å². The van der Waals surface area contributed by atoms with Crippen molar-refractivity contribution in [3.8, 4) is 17.1 Å². The maximum atomic E-state index is 5.38. The fraction of sp³-hybridized carbons (Fsp3) is 0.238. The van der Waals surface area contributed by atoms with Gasteiger partial charge in [0, 0.05) is 67.3 Å². The van der Waals surface area contributed by atoms with Crippen molar-refractivity contribution in [3.05, 3.63) is 66.1 Å². The summed E-state index contributed by atoms with van der Waals surface area (Å²) in [6.07, 6.45) is 9.94. The van der Waals surface area contributed by atoms with Gasteiger partial charge in [0.2, 0.25) is 0 Å². The molecule has 4 aromatic rings. The maximum Gasteiger partial charge on any atom is 0.162 e. The fourth-order valence-corrected chi connectivity index (χ4v) is 3.72. The molecule has 0 aliphatic carbocycles. The zero-order valence-corrected chi connectivity index (χ0v) is 15.6. The van der Waals surface area contributed by atoms with E-state index < -0.39 is 0 Å². The lowest BCUT2D eigenvalue weighted by molar-refractivity contribution is 0.244. The number of methoxy groups -OCH3 is 1. The minimum Gasteiger partial charge on any atom is -0.497 e.